The van der Waals surface area contributed by atoms with Crippen molar-refractivity contribution >= 4 is 86.8 Å². The fraction of sp³-hybridized carbons (Fsp3) is 0. The lowest BCUT2D eigenvalue weighted by Gasteiger charge is -2.17. The van der Waals surface area contributed by atoms with Crippen molar-refractivity contribution < 1.29 is 14.0 Å². The molecule has 2 heterocycles. The molecule has 0 atom stereocenters. The van der Waals surface area contributed by atoms with Gasteiger partial charge < -0.3 is 8.98 Å². The largest absolute Gasteiger partial charge is 0.456 e. The number of benzene rings is 10. The molecule has 12 aromatic rings. The maximum atomic E-state index is 9.30. The Morgan fingerprint density at radius 2 is 1.12 bits per heavy atom. The van der Waals surface area contributed by atoms with Gasteiger partial charge in [0.2, 0.25) is 0 Å². The van der Waals surface area contributed by atoms with Crippen LogP contribution in [0.5, 0.6) is 0 Å². The van der Waals surface area contributed by atoms with Crippen LogP contribution in [-0.2, 0) is 0 Å². The Bertz CT molecular complexity index is 3810. The van der Waals surface area contributed by atoms with Crippen LogP contribution in [0, 0.1) is 0 Å². The fourth-order valence-corrected chi connectivity index (χ4v) is 8.45. The number of nitrogens with zero attached hydrogens (tertiary/aromatic N) is 1. The van der Waals surface area contributed by atoms with Gasteiger partial charge in [0.1, 0.15) is 11.2 Å². The van der Waals surface area contributed by atoms with Gasteiger partial charge in [0, 0.05) is 33.3 Å². The highest BCUT2D eigenvalue weighted by Crippen LogP contribution is 2.44. The summed E-state index contributed by atoms with van der Waals surface area (Å²) in [4.78, 5) is 0. The minimum Gasteiger partial charge on any atom is -0.456 e. The topological polar surface area (TPSA) is 18.1 Å². The zero-order chi connectivity index (χ0) is 40.0. The lowest BCUT2D eigenvalue weighted by Crippen LogP contribution is -1.93. The normalized spacial score (nSPS) is 14.1. The van der Waals surface area contributed by atoms with E-state index in [-0.39, 0.29) is 40.5 Å². The number of rotatable bonds is 3. The van der Waals surface area contributed by atoms with Crippen molar-refractivity contribution in [2.24, 2.45) is 0 Å². The van der Waals surface area contributed by atoms with E-state index in [1.54, 1.807) is 0 Å². The van der Waals surface area contributed by atoms with E-state index in [4.69, 9.17) is 12.6 Å². The van der Waals surface area contributed by atoms with Gasteiger partial charge in [-0.1, -0.05) is 127 Å². The lowest BCUT2D eigenvalue weighted by molar-refractivity contribution is 0.669. The number of aromatic nitrogens is 1. The zero-order valence-electron chi connectivity index (χ0n) is 34.6. The average Bonchev–Trinajstić information content (AvgIpc) is 3.79. The highest BCUT2D eigenvalue weighted by Gasteiger charge is 2.19. The summed E-state index contributed by atoms with van der Waals surface area (Å²) >= 11 is 0. The third-order valence-electron chi connectivity index (χ3n) is 10.8. The fourth-order valence-electron chi connectivity index (χ4n) is 8.45. The molecule has 0 unspecified atom stereocenters. The summed E-state index contributed by atoms with van der Waals surface area (Å²) in [6.07, 6.45) is 0. The number of hydrogen-bond donors (Lipinski definition) is 0. The summed E-state index contributed by atoms with van der Waals surface area (Å²) in [6.45, 7) is 0. The summed E-state index contributed by atoms with van der Waals surface area (Å²) in [6, 6.07) is 43.6. The third kappa shape index (κ3) is 3.84. The molecule has 240 valence electrons. The molecule has 2 heteroatoms. The van der Waals surface area contributed by atoms with Crippen molar-refractivity contribution in [2.75, 3.05) is 0 Å². The lowest BCUT2D eigenvalue weighted by atomic mass is 9.87. The molecule has 0 aliphatic heterocycles. The van der Waals surface area contributed by atoms with E-state index in [0.29, 0.717) is 5.56 Å². The van der Waals surface area contributed by atoms with Crippen LogP contribution in [0.1, 0.15) is 9.60 Å². The van der Waals surface area contributed by atoms with Crippen LogP contribution < -0.4 is 0 Å². The number of hydrogen-bond acceptors (Lipinski definition) is 1. The van der Waals surface area contributed by atoms with Crippen LogP contribution >= 0.6 is 0 Å². The molecule has 0 fully saturated rings. The van der Waals surface area contributed by atoms with Crippen molar-refractivity contribution in [2.45, 2.75) is 0 Å². The van der Waals surface area contributed by atoms with Crippen molar-refractivity contribution in [3.8, 4) is 27.9 Å². The molecule has 12 rings (SSSR count). The van der Waals surface area contributed by atoms with Gasteiger partial charge in [0.05, 0.1) is 20.6 Å². The van der Waals surface area contributed by atoms with Crippen molar-refractivity contribution in [3.05, 3.63) is 176 Å². The van der Waals surface area contributed by atoms with Crippen LogP contribution in [0.15, 0.2) is 180 Å². The van der Waals surface area contributed by atoms with Crippen LogP contribution in [0.25, 0.3) is 115 Å². The third-order valence-corrected chi connectivity index (χ3v) is 10.8. The van der Waals surface area contributed by atoms with E-state index >= 15 is 0 Å². The second-order valence-corrected chi connectivity index (χ2v) is 13.5. The molecule has 0 bridgehead atoms. The maximum absolute atomic E-state index is 9.30. The first kappa shape index (κ1) is 22.0. The maximum Gasteiger partial charge on any atom is 0.137 e. The average molecular weight is 667 g/mol. The molecule has 0 aliphatic rings. The van der Waals surface area contributed by atoms with E-state index < -0.39 is 18.1 Å². The quantitative estimate of drug-likeness (QED) is 0.172. The SMILES string of the molecule is [2H]c1c([2H])c([2H])c2c([2H])c(-c3ccc4ccc5c(-c6ccc7c(c6)c6cc8c(cc6n7-c6ccccc6)oc6ccccc68)ccc6ccc3c4c65)c([2H])c([2H])c2c1[2H]. The van der Waals surface area contributed by atoms with Crippen LogP contribution in [0.4, 0.5) is 0 Å². The predicted molar refractivity (Wildman–Crippen MR) is 220 cm³/mol. The molecule has 0 saturated carbocycles. The van der Waals surface area contributed by atoms with Gasteiger partial charge in [-0.15, -0.1) is 0 Å². The highest BCUT2D eigenvalue weighted by molar-refractivity contribution is 6.28. The molecular formula is C50H29NO. The smallest absolute Gasteiger partial charge is 0.137 e. The van der Waals surface area contributed by atoms with E-state index in [0.717, 1.165) is 92.9 Å². The summed E-state index contributed by atoms with van der Waals surface area (Å²) in [5.41, 5.74) is 7.76. The number of furan rings is 1. The Hall–Kier alpha value is -6.90. The van der Waals surface area contributed by atoms with Crippen LogP contribution in [0.2, 0.25) is 0 Å². The Morgan fingerprint density at radius 3 is 1.92 bits per heavy atom. The van der Waals surface area contributed by atoms with Gasteiger partial charge in [-0.05, 0) is 108 Å². The van der Waals surface area contributed by atoms with Gasteiger partial charge in [-0.3, -0.25) is 0 Å². The summed E-state index contributed by atoms with van der Waals surface area (Å²) in [5.74, 6) is 0. The molecule has 10 aromatic carbocycles. The molecule has 2 aromatic heterocycles. The first-order chi connectivity index (χ1) is 28.7. The van der Waals surface area contributed by atoms with Gasteiger partial charge >= 0.3 is 0 Å². The molecule has 0 spiro atoms. The predicted octanol–water partition coefficient (Wildman–Crippen LogP) is 14.1. The highest BCUT2D eigenvalue weighted by atomic mass is 16.3. The molecule has 0 saturated heterocycles. The Balaban J connectivity index is 1.12. The first-order valence-corrected chi connectivity index (χ1v) is 17.4. The molecule has 2 nitrogen and oxygen atoms in total. The molecule has 0 aliphatic carbocycles. The second-order valence-electron chi connectivity index (χ2n) is 13.5. The monoisotopic (exact) mass is 666 g/mol. The molecule has 52 heavy (non-hydrogen) atoms. The minimum absolute atomic E-state index is 0.0503. The molecule has 0 radical (unpaired) electrons. The molecule has 0 amide bonds. The van der Waals surface area contributed by atoms with E-state index in [1.165, 1.54) is 0 Å². The van der Waals surface area contributed by atoms with Crippen LogP contribution in [-0.4, -0.2) is 4.57 Å². The Morgan fingerprint density at radius 1 is 0.423 bits per heavy atom. The molecule has 0 N–H and O–H groups in total. The summed E-state index contributed by atoms with van der Waals surface area (Å²) < 4.78 is 69.7. The van der Waals surface area contributed by atoms with E-state index in [1.807, 2.05) is 42.5 Å². The van der Waals surface area contributed by atoms with Crippen molar-refractivity contribution in [1.82, 2.24) is 4.57 Å². The van der Waals surface area contributed by atoms with E-state index in [9.17, 15) is 1.37 Å². The van der Waals surface area contributed by atoms with Gasteiger partial charge in [0.25, 0.3) is 0 Å². The Labute approximate surface area is 308 Å². The minimum atomic E-state index is -0.480. The molecular weight excluding hydrogens is 631 g/mol. The zero-order valence-corrected chi connectivity index (χ0v) is 27.6. The van der Waals surface area contributed by atoms with Gasteiger partial charge in [0.15, 0.2) is 0 Å². The van der Waals surface area contributed by atoms with Crippen LogP contribution in [0.3, 0.4) is 0 Å². The number of para-hydroxylation sites is 2. The van der Waals surface area contributed by atoms with Gasteiger partial charge in [-0.2, -0.15) is 0 Å². The Kier molecular flexibility index (Phi) is 4.37. The first-order valence-electron chi connectivity index (χ1n) is 20.9. The van der Waals surface area contributed by atoms with Gasteiger partial charge in [-0.25, -0.2) is 0 Å². The van der Waals surface area contributed by atoms with Crippen molar-refractivity contribution in [3.63, 3.8) is 0 Å². The second kappa shape index (κ2) is 10.3. The summed E-state index contributed by atoms with van der Waals surface area (Å²) in [5, 5.41) is 10.1. The number of fused-ring (bicyclic) bond motifs is 7. The van der Waals surface area contributed by atoms with Crippen molar-refractivity contribution in [1.29, 1.82) is 0 Å². The summed E-state index contributed by atoms with van der Waals surface area (Å²) in [7, 11) is 0. The van der Waals surface area contributed by atoms with E-state index in [2.05, 4.69) is 95.6 Å². The standard InChI is InChI=1S/C50H29NO/c1-2-10-36(11-3-1)51-45-25-20-35(27-42(45)43-28-44-39-12-6-7-13-47(39)52-48(44)29-46(43)51)38-22-17-32-18-23-40-37(21-16-31-19-24-41(38)50(32)49(31)40)34-15-14-30-8-4-5-9-33(30)26-34/h1-29H/i4D,5D,8D,9D,14D,15D,26D.